The predicted molar refractivity (Wildman–Crippen MR) is 144 cm³/mol. The topological polar surface area (TPSA) is 126 Å². The van der Waals surface area contributed by atoms with Crippen molar-refractivity contribution < 1.29 is 27.5 Å². The molecule has 194 valence electrons. The van der Waals surface area contributed by atoms with E-state index in [-0.39, 0.29) is 28.2 Å². The van der Waals surface area contributed by atoms with Crippen molar-refractivity contribution in [3.8, 4) is 5.75 Å². The molecule has 2 heterocycles. The molecule has 0 bridgehead atoms. The Morgan fingerprint density at radius 1 is 1.19 bits per heavy atom. The Kier molecular flexibility index (Phi) is 7.57. The molecular weight excluding hydrogens is 536 g/mol. The predicted octanol–water partition coefficient (Wildman–Crippen LogP) is 3.45. The van der Waals surface area contributed by atoms with Gasteiger partial charge in [0.15, 0.2) is 10.2 Å². The van der Waals surface area contributed by atoms with Crippen molar-refractivity contribution in [3.63, 3.8) is 0 Å². The second kappa shape index (κ2) is 10.5. The first-order valence-electron chi connectivity index (χ1n) is 11.1. The van der Waals surface area contributed by atoms with Gasteiger partial charge in [0.2, 0.25) is 0 Å². The van der Waals surface area contributed by atoms with E-state index in [1.165, 1.54) is 6.07 Å². The molecule has 2 aromatic carbocycles. The number of nitrogens with zero attached hydrogens (tertiary/aromatic N) is 2. The number of thiocarbonyl (C=S) groups is 1. The fraction of sp³-hybridized carbons (Fsp3) is 0.250. The highest BCUT2D eigenvalue weighted by Gasteiger charge is 2.36. The first kappa shape index (κ1) is 26.6. The van der Waals surface area contributed by atoms with E-state index in [4.69, 9.17) is 21.7 Å². The molecule has 0 spiro atoms. The van der Waals surface area contributed by atoms with E-state index >= 15 is 0 Å². The molecule has 4 rings (SSSR count). The summed E-state index contributed by atoms with van der Waals surface area (Å²) >= 11 is 6.42. The van der Waals surface area contributed by atoms with Gasteiger partial charge in [0, 0.05) is 5.56 Å². The van der Waals surface area contributed by atoms with Gasteiger partial charge >= 0.3 is 6.09 Å². The van der Waals surface area contributed by atoms with E-state index < -0.39 is 27.6 Å². The number of carbonyl (C=O) groups excluding carboxylic acids is 2. The zero-order valence-electron chi connectivity index (χ0n) is 20.2. The number of benzene rings is 2. The van der Waals surface area contributed by atoms with E-state index in [1.807, 2.05) is 0 Å². The number of amidine groups is 1. The highest BCUT2D eigenvalue weighted by Crippen LogP contribution is 2.33. The summed E-state index contributed by atoms with van der Waals surface area (Å²) in [5.74, 6) is 0.145. The van der Waals surface area contributed by atoms with Gasteiger partial charge in [0.25, 0.3) is 15.9 Å². The molecular formula is C24H24N4O6S3. The fourth-order valence-electron chi connectivity index (χ4n) is 3.34. The van der Waals surface area contributed by atoms with Crippen LogP contribution in [0.15, 0.2) is 62.7 Å². The summed E-state index contributed by atoms with van der Waals surface area (Å²) in [6, 6.07) is 13.4. The summed E-state index contributed by atoms with van der Waals surface area (Å²) < 4.78 is 39.4. The van der Waals surface area contributed by atoms with Crippen LogP contribution in [0, 0.1) is 0 Å². The minimum Gasteiger partial charge on any atom is -0.492 e. The lowest BCUT2D eigenvalue weighted by Gasteiger charge is -2.19. The number of thioether (sulfide) groups is 1. The van der Waals surface area contributed by atoms with Crippen molar-refractivity contribution in [1.82, 2.24) is 15.8 Å². The molecule has 2 aliphatic heterocycles. The van der Waals surface area contributed by atoms with Crippen LogP contribution < -0.4 is 15.5 Å². The monoisotopic (exact) mass is 560 g/mol. The van der Waals surface area contributed by atoms with Gasteiger partial charge in [-0.05, 0) is 68.9 Å². The lowest BCUT2D eigenvalue weighted by molar-refractivity contribution is -0.123. The maximum Gasteiger partial charge on any atom is 0.407 e. The maximum atomic E-state index is 13.0. The number of hydrogen-bond donors (Lipinski definition) is 2. The first-order valence-corrected chi connectivity index (χ1v) is 13.8. The van der Waals surface area contributed by atoms with Crippen molar-refractivity contribution in [2.45, 2.75) is 31.3 Å². The van der Waals surface area contributed by atoms with Gasteiger partial charge in [-0.3, -0.25) is 10.2 Å². The molecule has 10 nitrogen and oxygen atoms in total. The Balaban J connectivity index is 1.39. The van der Waals surface area contributed by atoms with Crippen LogP contribution in [0.25, 0.3) is 6.08 Å². The Hall–Kier alpha value is -3.42. The molecule has 2 aliphatic rings. The molecule has 0 unspecified atom stereocenters. The standard InChI is InChI=1S/C24H24N4O6S3/c1-24(2,3)34-22(30)25-11-12-33-16-8-6-7-15(13-16)14-18-21(29)28(23(35)36-18)26-20-17-9-4-5-10-19(17)37(31,32)27-20/h4-10,13-14H,11-12H2,1-3H3,(H,25,30)(H,26,27)/b18-14+. The van der Waals surface area contributed by atoms with Crippen LogP contribution in [-0.2, 0) is 19.6 Å². The smallest absolute Gasteiger partial charge is 0.407 e. The number of ether oxygens (including phenoxy) is 2. The van der Waals surface area contributed by atoms with Gasteiger partial charge in [-0.1, -0.05) is 36.0 Å². The average molecular weight is 561 g/mol. The van der Waals surface area contributed by atoms with Crippen LogP contribution in [0.5, 0.6) is 5.75 Å². The third-order valence-corrected chi connectivity index (χ3v) is 7.47. The zero-order chi connectivity index (χ0) is 26.8. The Bertz CT molecular complexity index is 1430. The summed E-state index contributed by atoms with van der Waals surface area (Å²) in [5, 5.41) is 3.72. The molecule has 37 heavy (non-hydrogen) atoms. The fourth-order valence-corrected chi connectivity index (χ4v) is 5.69. The number of sulfonamides is 1. The Morgan fingerprint density at radius 3 is 2.70 bits per heavy atom. The van der Waals surface area contributed by atoms with Crippen LogP contribution >= 0.6 is 24.0 Å². The molecule has 13 heteroatoms. The lowest BCUT2D eigenvalue weighted by atomic mass is 10.2. The van der Waals surface area contributed by atoms with Gasteiger partial charge in [0.05, 0.1) is 11.4 Å². The van der Waals surface area contributed by atoms with Gasteiger partial charge in [-0.15, -0.1) is 4.40 Å². The largest absolute Gasteiger partial charge is 0.492 e. The number of fused-ring (bicyclic) bond motifs is 1. The quantitative estimate of drug-likeness (QED) is 0.310. The Labute approximate surface area is 224 Å². The van der Waals surface area contributed by atoms with Crippen LogP contribution in [0.1, 0.15) is 31.9 Å². The van der Waals surface area contributed by atoms with Crippen molar-refractivity contribution in [2.75, 3.05) is 13.2 Å². The summed E-state index contributed by atoms with van der Waals surface area (Å²) in [6.45, 7) is 5.83. The molecule has 1 fully saturated rings. The summed E-state index contributed by atoms with van der Waals surface area (Å²) in [5.41, 5.74) is 3.24. The molecule has 2 N–H and O–H groups in total. The van der Waals surface area contributed by atoms with Gasteiger partial charge < -0.3 is 14.8 Å². The van der Waals surface area contributed by atoms with Crippen LogP contribution in [0.4, 0.5) is 4.79 Å². The number of carbonyl (C=O) groups is 2. The van der Waals surface area contributed by atoms with E-state index in [9.17, 15) is 18.0 Å². The minimum absolute atomic E-state index is 0.0311. The number of amides is 2. The van der Waals surface area contributed by atoms with Gasteiger partial charge in [-0.2, -0.15) is 13.4 Å². The normalized spacial score (nSPS) is 17.4. The van der Waals surface area contributed by atoms with E-state index in [1.54, 1.807) is 69.3 Å². The first-order chi connectivity index (χ1) is 17.4. The van der Waals surface area contributed by atoms with E-state index in [2.05, 4.69) is 15.1 Å². The third-order valence-electron chi connectivity index (χ3n) is 4.84. The van der Waals surface area contributed by atoms with Crippen molar-refractivity contribution in [2.24, 2.45) is 4.40 Å². The molecule has 0 radical (unpaired) electrons. The highest BCUT2D eigenvalue weighted by atomic mass is 32.2. The Morgan fingerprint density at radius 2 is 1.95 bits per heavy atom. The molecule has 0 saturated carbocycles. The number of nitrogens with one attached hydrogen (secondary N) is 2. The molecule has 2 amide bonds. The SMILES string of the molecule is CC(C)(C)OC(=O)NCCOc1cccc(/C=C2/SC(=S)N(NC3=NS(=O)(=O)c4ccccc43)C2=O)c1. The van der Waals surface area contributed by atoms with Crippen LogP contribution in [0.2, 0.25) is 0 Å². The lowest BCUT2D eigenvalue weighted by Crippen LogP contribution is -2.44. The van der Waals surface area contributed by atoms with Crippen molar-refractivity contribution >= 4 is 62.2 Å². The molecule has 1 saturated heterocycles. The van der Waals surface area contributed by atoms with Crippen molar-refractivity contribution in [1.29, 1.82) is 0 Å². The van der Waals surface area contributed by atoms with E-state index in [0.717, 1.165) is 16.8 Å². The van der Waals surface area contributed by atoms with Crippen molar-refractivity contribution in [3.05, 3.63) is 64.6 Å². The van der Waals surface area contributed by atoms with Crippen LogP contribution in [-0.4, -0.2) is 54.3 Å². The maximum absolute atomic E-state index is 13.0. The highest BCUT2D eigenvalue weighted by molar-refractivity contribution is 8.26. The van der Waals surface area contributed by atoms with E-state index in [0.29, 0.717) is 21.8 Å². The number of hydrazine groups is 1. The van der Waals surface area contributed by atoms with Gasteiger partial charge in [-0.25, -0.2) is 4.79 Å². The second-order valence-electron chi connectivity index (χ2n) is 8.89. The average Bonchev–Trinajstić information content (AvgIpc) is 3.23. The molecule has 0 aliphatic carbocycles. The minimum atomic E-state index is -3.84. The van der Waals surface area contributed by atoms with Gasteiger partial charge in [0.1, 0.15) is 22.9 Å². The third kappa shape index (κ3) is 6.48. The summed E-state index contributed by atoms with van der Waals surface area (Å²) in [6.07, 6.45) is 1.14. The molecule has 0 atom stereocenters. The zero-order valence-corrected chi connectivity index (χ0v) is 22.6. The number of hydrogen-bond acceptors (Lipinski definition) is 9. The van der Waals surface area contributed by atoms with Crippen LogP contribution in [0.3, 0.4) is 0 Å². The number of rotatable bonds is 6. The summed E-state index contributed by atoms with van der Waals surface area (Å²) in [4.78, 5) is 25.2. The number of alkyl carbamates (subject to hydrolysis) is 1. The molecule has 0 aromatic heterocycles. The molecule has 2 aromatic rings. The summed E-state index contributed by atoms with van der Waals surface area (Å²) in [7, 11) is -3.84. The second-order valence-corrected chi connectivity index (χ2v) is 12.1.